The van der Waals surface area contributed by atoms with Gasteiger partial charge in [-0.3, -0.25) is 0 Å². The van der Waals surface area contributed by atoms with Gasteiger partial charge in [-0.05, 0) is 110 Å². The van der Waals surface area contributed by atoms with Gasteiger partial charge in [0.25, 0.3) is 0 Å². The highest BCUT2D eigenvalue weighted by atomic mass is 16.3. The van der Waals surface area contributed by atoms with Gasteiger partial charge in [0.15, 0.2) is 0 Å². The third kappa shape index (κ3) is 6.08. The van der Waals surface area contributed by atoms with Gasteiger partial charge in [0.05, 0.1) is 33.6 Å². The molecule has 2 aliphatic carbocycles. The molecule has 15 rings (SSSR count). The lowest BCUT2D eigenvalue weighted by atomic mass is 9.70. The minimum absolute atomic E-state index is 0.763. The monoisotopic (exact) mass is 942 g/mol. The fraction of sp³-hybridized carbons (Fsp3) is 0.0141. The summed E-state index contributed by atoms with van der Waals surface area (Å²) in [6.07, 6.45) is 0. The summed E-state index contributed by atoms with van der Waals surface area (Å²) < 4.78 is 7.50. The fourth-order valence-corrected chi connectivity index (χ4v) is 12.7. The van der Waals surface area contributed by atoms with Gasteiger partial charge in [-0.15, -0.1) is 0 Å². The maximum Gasteiger partial charge on any atom is 0.145 e. The van der Waals surface area contributed by atoms with Crippen molar-refractivity contribution >= 4 is 66.8 Å². The van der Waals surface area contributed by atoms with E-state index in [1.54, 1.807) is 0 Å². The number of nitrogens with zero attached hydrogens (tertiary/aromatic N) is 2. The second-order valence-electron chi connectivity index (χ2n) is 19.4. The van der Waals surface area contributed by atoms with E-state index >= 15 is 0 Å². The van der Waals surface area contributed by atoms with Crippen molar-refractivity contribution in [1.82, 2.24) is 0 Å². The Bertz CT molecular complexity index is 4270. The molecule has 346 valence electrons. The molecule has 3 heteroatoms. The van der Waals surface area contributed by atoms with E-state index in [2.05, 4.69) is 289 Å². The van der Waals surface area contributed by atoms with E-state index in [-0.39, 0.29) is 0 Å². The van der Waals surface area contributed by atoms with Crippen molar-refractivity contribution in [2.24, 2.45) is 0 Å². The summed E-state index contributed by atoms with van der Waals surface area (Å²) in [4.78, 5) is 4.98. The van der Waals surface area contributed by atoms with E-state index < -0.39 is 5.41 Å². The summed E-state index contributed by atoms with van der Waals surface area (Å²) >= 11 is 0. The van der Waals surface area contributed by atoms with Gasteiger partial charge < -0.3 is 14.2 Å². The van der Waals surface area contributed by atoms with Crippen LogP contribution in [0.3, 0.4) is 0 Å². The Hall–Kier alpha value is -9.70. The Balaban J connectivity index is 1.13. The van der Waals surface area contributed by atoms with Crippen LogP contribution in [-0.4, -0.2) is 0 Å². The summed E-state index contributed by atoms with van der Waals surface area (Å²) in [5, 5.41) is 4.46. The zero-order valence-electron chi connectivity index (χ0n) is 40.4. The molecule has 0 unspecified atom stereocenters. The van der Waals surface area contributed by atoms with Crippen LogP contribution < -0.4 is 9.80 Å². The standard InChI is InChI=1S/C71H46N2O/c1-5-25-47(26-6-1)51-33-17-22-42-62(51)72(49-29-9-3-10-30-49)64-45-60-67(56-38-14-13-37-55(56)64)69-61(71(60)58-40-20-15-35-53(58)54-36-16-21-41-59(54)71)46-65(68-57-39-19-24-44-66(57)74-70(68)69)73(50-31-11-4-12-32-50)63-43-23-18-34-52(63)48-27-7-2-8-28-48/h1-46H. The molecule has 0 atom stereocenters. The summed E-state index contributed by atoms with van der Waals surface area (Å²) in [5.74, 6) is 0. The molecule has 12 aromatic carbocycles. The molecule has 0 amide bonds. The van der Waals surface area contributed by atoms with Crippen LogP contribution in [0.4, 0.5) is 34.1 Å². The lowest BCUT2D eigenvalue weighted by Gasteiger charge is -2.34. The van der Waals surface area contributed by atoms with Crippen molar-refractivity contribution < 1.29 is 4.42 Å². The molecule has 0 saturated heterocycles. The largest absolute Gasteiger partial charge is 0.455 e. The number of rotatable bonds is 8. The highest BCUT2D eigenvalue weighted by Crippen LogP contribution is 2.67. The van der Waals surface area contributed by atoms with Crippen LogP contribution in [0.15, 0.2) is 283 Å². The molecule has 1 spiro atoms. The summed E-state index contributed by atoms with van der Waals surface area (Å²) in [6.45, 7) is 0. The molecule has 1 heterocycles. The van der Waals surface area contributed by atoms with Gasteiger partial charge in [-0.25, -0.2) is 0 Å². The first-order valence-electron chi connectivity index (χ1n) is 25.5. The number of benzene rings is 12. The van der Waals surface area contributed by atoms with E-state index in [1.165, 1.54) is 44.3 Å². The Kier molecular flexibility index (Phi) is 9.48. The zero-order chi connectivity index (χ0) is 48.7. The topological polar surface area (TPSA) is 19.6 Å². The first-order valence-corrected chi connectivity index (χ1v) is 25.5. The second kappa shape index (κ2) is 16.7. The van der Waals surface area contributed by atoms with Crippen LogP contribution in [0.1, 0.15) is 22.3 Å². The summed E-state index contributed by atoms with van der Waals surface area (Å²) in [7, 11) is 0. The SMILES string of the molecule is c1ccc(-c2ccccc2N(c2ccccc2)c2cc3c(c4ccccc24)-c2c(cc(N(c4ccccc4)c4ccccc4-c4ccccc4)c4c2oc2ccccc24)C32c3ccccc3-c3ccccc32)cc1. The third-order valence-corrected chi connectivity index (χ3v) is 15.6. The zero-order valence-corrected chi connectivity index (χ0v) is 40.4. The van der Waals surface area contributed by atoms with Gasteiger partial charge in [0.1, 0.15) is 11.2 Å². The summed E-state index contributed by atoms with van der Waals surface area (Å²) in [5.41, 5.74) is 21.8. The normalized spacial score (nSPS) is 12.7. The predicted octanol–water partition coefficient (Wildman–Crippen LogP) is 19.4. The maximum absolute atomic E-state index is 7.50. The van der Waals surface area contributed by atoms with E-state index in [4.69, 9.17) is 4.42 Å². The average molecular weight is 943 g/mol. The smallest absolute Gasteiger partial charge is 0.145 e. The van der Waals surface area contributed by atoms with Crippen molar-refractivity contribution in [3.8, 4) is 44.5 Å². The molecule has 0 saturated carbocycles. The number of hydrogen-bond acceptors (Lipinski definition) is 3. The van der Waals surface area contributed by atoms with Crippen LogP contribution in [0.2, 0.25) is 0 Å². The Labute approximate surface area is 430 Å². The number of furan rings is 1. The summed E-state index contributed by atoms with van der Waals surface area (Å²) in [6, 6.07) is 102. The van der Waals surface area contributed by atoms with Crippen LogP contribution in [0.25, 0.3) is 77.2 Å². The molecular formula is C71H46N2O. The first kappa shape index (κ1) is 42.0. The van der Waals surface area contributed by atoms with Gasteiger partial charge in [-0.1, -0.05) is 224 Å². The highest BCUT2D eigenvalue weighted by molar-refractivity contribution is 6.23. The minimum atomic E-state index is -0.763. The van der Waals surface area contributed by atoms with Gasteiger partial charge in [0, 0.05) is 38.8 Å². The van der Waals surface area contributed by atoms with Crippen LogP contribution in [0.5, 0.6) is 0 Å². The molecule has 74 heavy (non-hydrogen) atoms. The molecule has 0 aliphatic heterocycles. The lowest BCUT2D eigenvalue weighted by Crippen LogP contribution is -2.26. The molecule has 0 fully saturated rings. The molecule has 13 aromatic rings. The quantitative estimate of drug-likeness (QED) is 0.151. The third-order valence-electron chi connectivity index (χ3n) is 15.6. The lowest BCUT2D eigenvalue weighted by molar-refractivity contribution is 0.669. The molecular weight excluding hydrogens is 897 g/mol. The van der Waals surface area contributed by atoms with E-state index in [0.717, 1.165) is 89.3 Å². The van der Waals surface area contributed by atoms with Crippen molar-refractivity contribution in [2.45, 2.75) is 5.41 Å². The maximum atomic E-state index is 7.50. The van der Waals surface area contributed by atoms with Gasteiger partial charge in [0.2, 0.25) is 0 Å². The van der Waals surface area contributed by atoms with Crippen LogP contribution in [0, 0.1) is 0 Å². The second-order valence-corrected chi connectivity index (χ2v) is 19.4. The molecule has 2 aliphatic rings. The van der Waals surface area contributed by atoms with Gasteiger partial charge in [-0.2, -0.15) is 0 Å². The van der Waals surface area contributed by atoms with Crippen LogP contribution >= 0.6 is 0 Å². The molecule has 0 radical (unpaired) electrons. The molecule has 0 bridgehead atoms. The number of anilines is 6. The molecule has 1 aromatic heterocycles. The Morgan fingerprint density at radius 3 is 1.26 bits per heavy atom. The highest BCUT2D eigenvalue weighted by Gasteiger charge is 2.54. The van der Waals surface area contributed by atoms with Crippen LogP contribution in [-0.2, 0) is 5.41 Å². The minimum Gasteiger partial charge on any atom is -0.455 e. The molecule has 3 nitrogen and oxygen atoms in total. The van der Waals surface area contributed by atoms with Crippen molar-refractivity contribution in [3.63, 3.8) is 0 Å². The van der Waals surface area contributed by atoms with Crippen molar-refractivity contribution in [1.29, 1.82) is 0 Å². The Morgan fingerprint density at radius 1 is 0.284 bits per heavy atom. The predicted molar refractivity (Wildman–Crippen MR) is 308 cm³/mol. The Morgan fingerprint density at radius 2 is 0.689 bits per heavy atom. The van der Waals surface area contributed by atoms with Crippen molar-refractivity contribution in [3.05, 3.63) is 301 Å². The van der Waals surface area contributed by atoms with E-state index in [0.29, 0.717) is 0 Å². The first-order chi connectivity index (χ1) is 36.8. The van der Waals surface area contributed by atoms with Crippen molar-refractivity contribution in [2.75, 3.05) is 9.80 Å². The average Bonchev–Trinajstić information content (AvgIpc) is 4.11. The molecule has 0 N–H and O–H groups in total. The van der Waals surface area contributed by atoms with Gasteiger partial charge >= 0.3 is 0 Å². The van der Waals surface area contributed by atoms with E-state index in [9.17, 15) is 0 Å². The number of hydrogen-bond donors (Lipinski definition) is 0. The number of para-hydroxylation sites is 5. The van der Waals surface area contributed by atoms with E-state index in [1.807, 2.05) is 0 Å². The number of fused-ring (bicyclic) bond motifs is 16. The fourth-order valence-electron chi connectivity index (χ4n) is 12.7.